The Bertz CT molecular complexity index is 591. The second kappa shape index (κ2) is 5.82. The maximum atomic E-state index is 4.63. The molecule has 0 radical (unpaired) electrons. The summed E-state index contributed by atoms with van der Waals surface area (Å²) in [5, 5.41) is 5.06. The van der Waals surface area contributed by atoms with Crippen LogP contribution in [0.25, 0.3) is 10.9 Å². The maximum Gasteiger partial charge on any atom is 0.0725 e. The molecule has 0 amide bonds. The fourth-order valence-electron chi connectivity index (χ4n) is 3.33. The lowest BCUT2D eigenvalue weighted by atomic mass is 9.96. The van der Waals surface area contributed by atoms with Crippen molar-refractivity contribution in [2.75, 3.05) is 5.32 Å². The predicted molar refractivity (Wildman–Crippen MR) is 86.1 cm³/mol. The molecule has 2 atom stereocenters. The molecule has 1 heterocycles. The predicted octanol–water partition coefficient (Wildman–Crippen LogP) is 4.92. The Labute approximate surface area is 121 Å². The number of hydrogen-bond donors (Lipinski definition) is 1. The third kappa shape index (κ3) is 2.79. The molecule has 2 aromatic rings. The number of hydrogen-bond acceptors (Lipinski definition) is 2. The highest BCUT2D eigenvalue weighted by molar-refractivity contribution is 5.91. The Morgan fingerprint density at radius 3 is 2.80 bits per heavy atom. The van der Waals surface area contributed by atoms with E-state index in [2.05, 4.69) is 54.5 Å². The lowest BCUT2D eigenvalue weighted by Crippen LogP contribution is -2.26. The van der Waals surface area contributed by atoms with Crippen LogP contribution in [0, 0.1) is 12.8 Å². The summed E-state index contributed by atoms with van der Waals surface area (Å²) in [5.74, 6) is 0.754. The first-order valence-corrected chi connectivity index (χ1v) is 7.87. The van der Waals surface area contributed by atoms with Crippen molar-refractivity contribution >= 4 is 16.6 Å². The Hall–Kier alpha value is -1.57. The van der Waals surface area contributed by atoms with E-state index in [-0.39, 0.29) is 0 Å². The molecule has 1 fully saturated rings. The highest BCUT2D eigenvalue weighted by Gasteiger charge is 2.20. The van der Waals surface area contributed by atoms with Crippen LogP contribution in [-0.2, 0) is 0 Å². The summed E-state index contributed by atoms with van der Waals surface area (Å²) in [4.78, 5) is 4.63. The molecule has 2 unspecified atom stereocenters. The average Bonchev–Trinajstić information content (AvgIpc) is 2.64. The zero-order valence-electron chi connectivity index (χ0n) is 12.5. The maximum absolute atomic E-state index is 4.63. The van der Waals surface area contributed by atoms with Gasteiger partial charge in [0.15, 0.2) is 0 Å². The van der Waals surface area contributed by atoms with Gasteiger partial charge in [-0.3, -0.25) is 4.98 Å². The van der Waals surface area contributed by atoms with Crippen LogP contribution in [0.15, 0.2) is 30.3 Å². The first-order chi connectivity index (χ1) is 9.74. The van der Waals surface area contributed by atoms with Crippen molar-refractivity contribution in [1.82, 2.24) is 4.98 Å². The fraction of sp³-hybridized carbons (Fsp3) is 0.500. The van der Waals surface area contributed by atoms with Gasteiger partial charge in [0.2, 0.25) is 0 Å². The molecule has 0 saturated heterocycles. The minimum atomic E-state index is 0.600. The van der Waals surface area contributed by atoms with E-state index in [1.807, 2.05) is 0 Å². The topological polar surface area (TPSA) is 24.9 Å². The van der Waals surface area contributed by atoms with Crippen LogP contribution in [-0.4, -0.2) is 11.0 Å². The van der Waals surface area contributed by atoms with Gasteiger partial charge in [-0.2, -0.15) is 0 Å². The number of aromatic nitrogens is 1. The molecule has 1 aliphatic carbocycles. The minimum Gasteiger partial charge on any atom is -0.381 e. The highest BCUT2D eigenvalue weighted by atomic mass is 14.9. The van der Waals surface area contributed by atoms with Gasteiger partial charge in [-0.15, -0.1) is 0 Å². The number of benzene rings is 1. The highest BCUT2D eigenvalue weighted by Crippen LogP contribution is 2.29. The van der Waals surface area contributed by atoms with Crippen molar-refractivity contribution in [2.24, 2.45) is 5.92 Å². The molecular formula is C18H24N2. The Kier molecular flexibility index (Phi) is 3.90. The first kappa shape index (κ1) is 13.4. The SMILES string of the molecule is Cc1cc(NC2CCCCCC2C)c2ccccc2n1. The van der Waals surface area contributed by atoms with Gasteiger partial charge in [0.25, 0.3) is 0 Å². The molecule has 0 bridgehead atoms. The summed E-state index contributed by atoms with van der Waals surface area (Å²) in [6, 6.07) is 11.2. The zero-order chi connectivity index (χ0) is 13.9. The van der Waals surface area contributed by atoms with Gasteiger partial charge in [0, 0.05) is 22.8 Å². The van der Waals surface area contributed by atoms with Crippen molar-refractivity contribution in [3.8, 4) is 0 Å². The molecule has 3 rings (SSSR count). The molecule has 0 aliphatic heterocycles. The number of anilines is 1. The summed E-state index contributed by atoms with van der Waals surface area (Å²) in [7, 11) is 0. The smallest absolute Gasteiger partial charge is 0.0725 e. The van der Waals surface area contributed by atoms with Crippen molar-refractivity contribution in [3.63, 3.8) is 0 Å². The number of nitrogens with zero attached hydrogens (tertiary/aromatic N) is 1. The van der Waals surface area contributed by atoms with Crippen molar-refractivity contribution < 1.29 is 0 Å². The van der Waals surface area contributed by atoms with Crippen LogP contribution in [0.5, 0.6) is 0 Å². The van der Waals surface area contributed by atoms with Gasteiger partial charge in [-0.1, -0.05) is 44.4 Å². The molecule has 20 heavy (non-hydrogen) atoms. The van der Waals surface area contributed by atoms with Gasteiger partial charge in [-0.25, -0.2) is 0 Å². The molecule has 1 saturated carbocycles. The van der Waals surface area contributed by atoms with Crippen LogP contribution in [0.4, 0.5) is 5.69 Å². The molecular weight excluding hydrogens is 244 g/mol. The molecule has 2 nitrogen and oxygen atoms in total. The van der Waals surface area contributed by atoms with E-state index in [0.717, 1.165) is 17.1 Å². The lowest BCUT2D eigenvalue weighted by molar-refractivity contribution is 0.457. The van der Waals surface area contributed by atoms with E-state index in [4.69, 9.17) is 0 Å². The number of nitrogens with one attached hydrogen (secondary N) is 1. The third-order valence-electron chi connectivity index (χ3n) is 4.55. The molecule has 1 aliphatic rings. The Morgan fingerprint density at radius 2 is 1.90 bits per heavy atom. The van der Waals surface area contributed by atoms with Crippen LogP contribution in [0.3, 0.4) is 0 Å². The van der Waals surface area contributed by atoms with Crippen LogP contribution >= 0.6 is 0 Å². The van der Waals surface area contributed by atoms with Gasteiger partial charge in [0.1, 0.15) is 0 Å². The van der Waals surface area contributed by atoms with Crippen LogP contribution in [0.1, 0.15) is 44.7 Å². The van der Waals surface area contributed by atoms with Crippen molar-refractivity contribution in [2.45, 2.75) is 52.0 Å². The van der Waals surface area contributed by atoms with Crippen LogP contribution < -0.4 is 5.32 Å². The van der Waals surface area contributed by atoms with E-state index < -0.39 is 0 Å². The normalized spacial score (nSPS) is 23.5. The number of aryl methyl sites for hydroxylation is 1. The van der Waals surface area contributed by atoms with Gasteiger partial charge < -0.3 is 5.32 Å². The summed E-state index contributed by atoms with van der Waals surface area (Å²) in [6.07, 6.45) is 6.76. The molecule has 1 aromatic carbocycles. The third-order valence-corrected chi connectivity index (χ3v) is 4.55. The largest absolute Gasteiger partial charge is 0.381 e. The number of para-hydroxylation sites is 1. The summed E-state index contributed by atoms with van der Waals surface area (Å²) in [5.41, 5.74) is 3.44. The average molecular weight is 268 g/mol. The Balaban J connectivity index is 1.93. The minimum absolute atomic E-state index is 0.600. The fourth-order valence-corrected chi connectivity index (χ4v) is 3.33. The van der Waals surface area contributed by atoms with E-state index in [9.17, 15) is 0 Å². The standard InChI is InChI=1S/C18H24N2/c1-13-8-4-3-5-10-16(13)20-18-12-14(2)19-17-11-7-6-9-15(17)18/h6-7,9,11-13,16H,3-5,8,10H2,1-2H3,(H,19,20). The van der Waals surface area contributed by atoms with Gasteiger partial charge in [0.05, 0.1) is 5.52 Å². The van der Waals surface area contributed by atoms with E-state index in [1.54, 1.807) is 0 Å². The quantitative estimate of drug-likeness (QED) is 0.782. The second-order valence-electron chi connectivity index (χ2n) is 6.19. The van der Waals surface area contributed by atoms with Crippen molar-refractivity contribution in [3.05, 3.63) is 36.0 Å². The second-order valence-corrected chi connectivity index (χ2v) is 6.19. The number of fused-ring (bicyclic) bond motifs is 1. The summed E-state index contributed by atoms with van der Waals surface area (Å²) >= 11 is 0. The zero-order valence-corrected chi connectivity index (χ0v) is 12.5. The molecule has 2 heteroatoms. The molecule has 1 N–H and O–H groups in total. The summed E-state index contributed by atoms with van der Waals surface area (Å²) in [6.45, 7) is 4.47. The molecule has 0 spiro atoms. The van der Waals surface area contributed by atoms with E-state index >= 15 is 0 Å². The molecule has 1 aromatic heterocycles. The molecule has 106 valence electrons. The monoisotopic (exact) mass is 268 g/mol. The Morgan fingerprint density at radius 1 is 1.10 bits per heavy atom. The summed E-state index contributed by atoms with van der Waals surface area (Å²) < 4.78 is 0. The van der Waals surface area contributed by atoms with E-state index in [1.165, 1.54) is 43.2 Å². The van der Waals surface area contributed by atoms with Gasteiger partial charge in [-0.05, 0) is 37.8 Å². The van der Waals surface area contributed by atoms with Gasteiger partial charge >= 0.3 is 0 Å². The van der Waals surface area contributed by atoms with Crippen LogP contribution in [0.2, 0.25) is 0 Å². The number of pyridine rings is 1. The number of rotatable bonds is 2. The van der Waals surface area contributed by atoms with E-state index in [0.29, 0.717) is 6.04 Å². The van der Waals surface area contributed by atoms with Crippen molar-refractivity contribution in [1.29, 1.82) is 0 Å². The first-order valence-electron chi connectivity index (χ1n) is 7.87. The lowest BCUT2D eigenvalue weighted by Gasteiger charge is -2.25.